The van der Waals surface area contributed by atoms with Gasteiger partial charge in [-0.05, 0) is 64.0 Å². The zero-order chi connectivity index (χ0) is 24.2. The van der Waals surface area contributed by atoms with E-state index in [2.05, 4.69) is 37.2 Å². The number of hydrogen-bond donors (Lipinski definition) is 2. The number of nitrogens with zero attached hydrogens (tertiary/aromatic N) is 5. The van der Waals surface area contributed by atoms with Gasteiger partial charge in [-0.15, -0.1) is 11.3 Å². The van der Waals surface area contributed by atoms with E-state index in [0.717, 1.165) is 53.0 Å². The highest BCUT2D eigenvalue weighted by molar-refractivity contribution is 7.80. The Labute approximate surface area is 209 Å². The lowest BCUT2D eigenvalue weighted by molar-refractivity contribution is 0.102. The van der Waals surface area contributed by atoms with Crippen LogP contribution in [0.1, 0.15) is 52.6 Å². The Morgan fingerprint density at radius 2 is 2.09 bits per heavy atom. The first kappa shape index (κ1) is 24.0. The number of pyridine rings is 1. The number of aryl methyl sites for hydroxylation is 2. The van der Waals surface area contributed by atoms with Gasteiger partial charge in [0.2, 0.25) is 0 Å². The van der Waals surface area contributed by atoms with Crippen LogP contribution in [0, 0.1) is 13.8 Å². The summed E-state index contributed by atoms with van der Waals surface area (Å²) < 4.78 is 1.74. The van der Waals surface area contributed by atoms with E-state index in [9.17, 15) is 4.79 Å². The van der Waals surface area contributed by atoms with Crippen LogP contribution >= 0.6 is 23.6 Å². The number of amides is 1. The van der Waals surface area contributed by atoms with E-state index in [1.807, 2.05) is 38.3 Å². The van der Waals surface area contributed by atoms with Crippen LogP contribution in [0.2, 0.25) is 0 Å². The lowest BCUT2D eigenvalue weighted by atomic mass is 9.98. The fourth-order valence-electron chi connectivity index (χ4n) is 3.94. The quantitative estimate of drug-likeness (QED) is 0.391. The second-order valence-corrected chi connectivity index (χ2v) is 9.89. The lowest BCUT2D eigenvalue weighted by Crippen LogP contribution is -2.44. The van der Waals surface area contributed by atoms with Crippen molar-refractivity contribution in [2.24, 2.45) is 0 Å². The predicted molar refractivity (Wildman–Crippen MR) is 140 cm³/mol. The van der Waals surface area contributed by atoms with Gasteiger partial charge in [0.15, 0.2) is 10.9 Å². The van der Waals surface area contributed by atoms with Gasteiger partial charge in [0.25, 0.3) is 5.91 Å². The zero-order valence-corrected chi connectivity index (χ0v) is 21.3. The topological polar surface area (TPSA) is 88.0 Å². The van der Waals surface area contributed by atoms with Crippen LogP contribution < -0.4 is 10.6 Å². The molecule has 178 valence electrons. The number of thiazole rings is 1. The Bertz CT molecular complexity index is 1210. The van der Waals surface area contributed by atoms with Crippen LogP contribution in [-0.2, 0) is 0 Å². The third-order valence-corrected chi connectivity index (χ3v) is 7.08. The molecule has 34 heavy (non-hydrogen) atoms. The van der Waals surface area contributed by atoms with Crippen LogP contribution in [0.25, 0.3) is 5.82 Å². The highest BCUT2D eigenvalue weighted by atomic mass is 32.1. The zero-order valence-electron chi connectivity index (χ0n) is 19.7. The Kier molecular flexibility index (Phi) is 7.38. The molecule has 0 spiro atoms. The summed E-state index contributed by atoms with van der Waals surface area (Å²) >= 11 is 7.04. The SMILES string of the molecule is C=C(C)CNC(=S)N1CCC(c2nc(C(=O)Nc3cccnc3-n3nc(C)cc3C)cs2)CC1. The molecule has 0 unspecified atom stereocenters. The molecule has 0 radical (unpaired) electrons. The van der Waals surface area contributed by atoms with Crippen molar-refractivity contribution in [2.45, 2.75) is 39.5 Å². The standard InChI is InChI=1S/C24H29N7OS2/c1-15(2)13-26-24(33)30-10-7-18(8-11-30)23-28-20(14-34-23)22(32)27-19-6-5-9-25-21(19)31-17(4)12-16(3)29-31/h5-6,9,12,14,18H,1,7-8,10-11,13H2,2-4H3,(H,26,33)(H,27,32). The molecule has 0 bridgehead atoms. The third-order valence-electron chi connectivity index (χ3n) is 5.67. The Morgan fingerprint density at radius 1 is 1.32 bits per heavy atom. The number of aromatic nitrogens is 4. The molecule has 0 aromatic carbocycles. The summed E-state index contributed by atoms with van der Waals surface area (Å²) in [5, 5.41) is 14.3. The Morgan fingerprint density at radius 3 is 2.76 bits per heavy atom. The summed E-state index contributed by atoms with van der Waals surface area (Å²) in [6.07, 6.45) is 3.59. The molecule has 1 aliphatic heterocycles. The number of anilines is 1. The van der Waals surface area contributed by atoms with Gasteiger partial charge in [0, 0.05) is 42.8 Å². The summed E-state index contributed by atoms with van der Waals surface area (Å²) in [7, 11) is 0. The number of thiocarbonyl (C=S) groups is 1. The molecule has 2 N–H and O–H groups in total. The number of hydrogen-bond acceptors (Lipinski definition) is 6. The maximum Gasteiger partial charge on any atom is 0.275 e. The van der Waals surface area contributed by atoms with Gasteiger partial charge in [-0.3, -0.25) is 4.79 Å². The number of carbonyl (C=O) groups is 1. The fourth-order valence-corrected chi connectivity index (χ4v) is 5.17. The van der Waals surface area contributed by atoms with Crippen LogP contribution in [-0.4, -0.2) is 55.3 Å². The second kappa shape index (κ2) is 10.4. The first-order valence-electron chi connectivity index (χ1n) is 11.2. The lowest BCUT2D eigenvalue weighted by Gasteiger charge is -2.33. The van der Waals surface area contributed by atoms with Crippen LogP contribution in [0.3, 0.4) is 0 Å². The largest absolute Gasteiger partial charge is 0.359 e. The monoisotopic (exact) mass is 495 g/mol. The third kappa shape index (κ3) is 5.51. The summed E-state index contributed by atoms with van der Waals surface area (Å²) in [6.45, 7) is 12.2. The summed E-state index contributed by atoms with van der Waals surface area (Å²) in [6, 6.07) is 5.59. The number of nitrogens with one attached hydrogen (secondary N) is 2. The number of rotatable bonds is 6. The molecule has 4 heterocycles. The number of carbonyl (C=O) groups excluding carboxylic acids is 1. The van der Waals surface area contributed by atoms with Crippen molar-refractivity contribution in [1.29, 1.82) is 0 Å². The average molecular weight is 496 g/mol. The molecular weight excluding hydrogens is 466 g/mol. The summed E-state index contributed by atoms with van der Waals surface area (Å²) in [5.74, 6) is 0.664. The van der Waals surface area contributed by atoms with Gasteiger partial charge >= 0.3 is 0 Å². The van der Waals surface area contributed by atoms with E-state index in [1.54, 1.807) is 28.3 Å². The maximum atomic E-state index is 13.0. The fraction of sp³-hybridized carbons (Fsp3) is 0.375. The van der Waals surface area contributed by atoms with E-state index >= 15 is 0 Å². The molecule has 1 amide bonds. The van der Waals surface area contributed by atoms with Gasteiger partial charge in [-0.1, -0.05) is 12.2 Å². The molecule has 8 nitrogen and oxygen atoms in total. The number of likely N-dealkylation sites (tertiary alicyclic amines) is 1. The Hall–Kier alpha value is -3.11. The van der Waals surface area contributed by atoms with Crippen molar-refractivity contribution in [3.8, 4) is 5.82 Å². The van der Waals surface area contributed by atoms with Crippen molar-refractivity contribution >= 4 is 40.3 Å². The van der Waals surface area contributed by atoms with Crippen molar-refractivity contribution in [3.63, 3.8) is 0 Å². The molecule has 0 atom stereocenters. The minimum atomic E-state index is -0.249. The van der Waals surface area contributed by atoms with E-state index in [-0.39, 0.29) is 5.91 Å². The van der Waals surface area contributed by atoms with Crippen molar-refractivity contribution in [1.82, 2.24) is 30.0 Å². The van der Waals surface area contributed by atoms with Gasteiger partial charge < -0.3 is 15.5 Å². The second-order valence-electron chi connectivity index (χ2n) is 8.62. The molecule has 4 rings (SSSR count). The first-order valence-corrected chi connectivity index (χ1v) is 12.5. The Balaban J connectivity index is 1.39. The minimum absolute atomic E-state index is 0.249. The van der Waals surface area contributed by atoms with E-state index in [1.165, 1.54) is 0 Å². The normalized spacial score (nSPS) is 14.1. The van der Waals surface area contributed by atoms with Crippen molar-refractivity contribution in [2.75, 3.05) is 25.0 Å². The molecule has 3 aromatic rings. The minimum Gasteiger partial charge on any atom is -0.359 e. The highest BCUT2D eigenvalue weighted by Gasteiger charge is 2.25. The molecule has 1 aliphatic rings. The summed E-state index contributed by atoms with van der Waals surface area (Å²) in [4.78, 5) is 24.3. The molecular formula is C24H29N7OS2. The van der Waals surface area contributed by atoms with E-state index in [0.29, 0.717) is 29.7 Å². The molecule has 10 heteroatoms. The van der Waals surface area contributed by atoms with Crippen LogP contribution in [0.5, 0.6) is 0 Å². The highest BCUT2D eigenvalue weighted by Crippen LogP contribution is 2.31. The first-order chi connectivity index (χ1) is 16.3. The van der Waals surface area contributed by atoms with E-state index < -0.39 is 0 Å². The smallest absolute Gasteiger partial charge is 0.275 e. The summed E-state index contributed by atoms with van der Waals surface area (Å²) in [5.41, 5.74) is 3.91. The molecule has 1 fully saturated rings. The van der Waals surface area contributed by atoms with Gasteiger partial charge in [-0.2, -0.15) is 5.10 Å². The van der Waals surface area contributed by atoms with Gasteiger partial charge in [0.05, 0.1) is 16.4 Å². The van der Waals surface area contributed by atoms with Crippen LogP contribution in [0.4, 0.5) is 5.69 Å². The van der Waals surface area contributed by atoms with E-state index in [4.69, 9.17) is 12.2 Å². The average Bonchev–Trinajstić information content (AvgIpc) is 3.44. The van der Waals surface area contributed by atoms with Gasteiger partial charge in [0.1, 0.15) is 5.69 Å². The predicted octanol–water partition coefficient (Wildman–Crippen LogP) is 4.22. The molecule has 0 aliphatic carbocycles. The number of piperidine rings is 1. The molecule has 3 aromatic heterocycles. The maximum absolute atomic E-state index is 13.0. The molecule has 1 saturated heterocycles. The van der Waals surface area contributed by atoms with Crippen molar-refractivity contribution in [3.05, 3.63) is 64.0 Å². The van der Waals surface area contributed by atoms with Gasteiger partial charge in [-0.25, -0.2) is 14.6 Å². The van der Waals surface area contributed by atoms with Crippen molar-refractivity contribution < 1.29 is 4.79 Å². The molecule has 0 saturated carbocycles. The van der Waals surface area contributed by atoms with Crippen LogP contribution in [0.15, 0.2) is 41.9 Å².